The molecule has 0 aromatic heterocycles. The van der Waals surface area contributed by atoms with Crippen LogP contribution >= 0.6 is 0 Å². The van der Waals surface area contributed by atoms with E-state index in [1.165, 1.54) is 0 Å². The first-order valence-electron chi connectivity index (χ1n) is 11.4. The number of amides is 1. The number of anilines is 2. The van der Waals surface area contributed by atoms with Gasteiger partial charge in [-0.25, -0.2) is 0 Å². The third kappa shape index (κ3) is 6.10. The van der Waals surface area contributed by atoms with Crippen LogP contribution in [0.2, 0.25) is 0 Å². The molecule has 1 heterocycles. The maximum atomic E-state index is 12.9. The summed E-state index contributed by atoms with van der Waals surface area (Å²) in [4.78, 5) is 26.6. The van der Waals surface area contributed by atoms with Gasteiger partial charge in [-0.1, -0.05) is 42.8 Å². The summed E-state index contributed by atoms with van der Waals surface area (Å²) in [5, 5.41) is 12.4. The number of methoxy groups -OCH3 is 1. The van der Waals surface area contributed by atoms with Crippen molar-refractivity contribution < 1.29 is 19.4 Å². The van der Waals surface area contributed by atoms with Crippen LogP contribution in [0.3, 0.4) is 0 Å². The predicted molar refractivity (Wildman–Crippen MR) is 127 cm³/mol. The average molecular weight is 439 g/mol. The lowest BCUT2D eigenvalue weighted by molar-refractivity contribution is -0.137. The van der Waals surface area contributed by atoms with E-state index in [4.69, 9.17) is 4.74 Å². The smallest absolute Gasteiger partial charge is 0.303 e. The Hall–Kier alpha value is -2.86. The molecule has 1 saturated heterocycles. The number of carbonyl (C=O) groups excluding carboxylic acids is 1. The minimum absolute atomic E-state index is 0.0720. The Kier molecular flexibility index (Phi) is 8.28. The molecule has 0 radical (unpaired) electrons. The quantitative estimate of drug-likeness (QED) is 0.559. The van der Waals surface area contributed by atoms with Crippen molar-refractivity contribution in [3.63, 3.8) is 0 Å². The van der Waals surface area contributed by atoms with Crippen LogP contribution in [-0.2, 0) is 20.7 Å². The van der Waals surface area contributed by atoms with Gasteiger partial charge in [0.2, 0.25) is 5.91 Å². The van der Waals surface area contributed by atoms with Gasteiger partial charge in [0.15, 0.2) is 0 Å². The van der Waals surface area contributed by atoms with Crippen LogP contribution < -0.4 is 10.2 Å². The summed E-state index contributed by atoms with van der Waals surface area (Å²) in [6, 6.07) is 14.2. The molecule has 2 aromatic rings. The molecule has 1 amide bonds. The van der Waals surface area contributed by atoms with Gasteiger partial charge in [0, 0.05) is 13.7 Å². The normalized spacial score (nSPS) is 16.7. The number of hydrogen-bond acceptors (Lipinski definition) is 4. The number of benzene rings is 2. The molecule has 0 aliphatic carbocycles. The number of carboxylic acid groups (broad SMARTS) is 1. The van der Waals surface area contributed by atoms with Crippen LogP contribution in [0, 0.1) is 6.92 Å². The topological polar surface area (TPSA) is 78.9 Å². The predicted octanol–water partition coefficient (Wildman–Crippen LogP) is 4.76. The number of carbonyl (C=O) groups is 2. The third-order valence-corrected chi connectivity index (χ3v) is 6.21. The first kappa shape index (κ1) is 23.8. The van der Waals surface area contributed by atoms with Crippen molar-refractivity contribution in [1.29, 1.82) is 0 Å². The second-order valence-electron chi connectivity index (χ2n) is 8.63. The molecule has 6 nitrogen and oxygen atoms in total. The van der Waals surface area contributed by atoms with Crippen LogP contribution in [0.4, 0.5) is 11.4 Å². The van der Waals surface area contributed by atoms with Gasteiger partial charge >= 0.3 is 5.97 Å². The largest absolute Gasteiger partial charge is 0.481 e. The standard InChI is InChI=1S/C26H34N2O4/c1-4-20(16-26(30)31)21-11-12-24(28-13-5-6-22(28)17-32-3)23(15-21)27-25(29)14-19-9-7-18(2)8-10-19/h7-12,15,20,22H,4-6,13-14,16-17H2,1-3H3,(H,27,29)(H,30,31)/t20?,22-/m1/s1. The molecule has 0 saturated carbocycles. The number of aliphatic carboxylic acids is 1. The summed E-state index contributed by atoms with van der Waals surface area (Å²) >= 11 is 0. The van der Waals surface area contributed by atoms with E-state index >= 15 is 0 Å². The van der Waals surface area contributed by atoms with Crippen molar-refractivity contribution in [2.45, 2.75) is 57.9 Å². The summed E-state index contributed by atoms with van der Waals surface area (Å²) < 4.78 is 5.42. The SMILES string of the molecule is CCC(CC(=O)O)c1ccc(N2CCC[C@@H]2COC)c(NC(=O)Cc2ccc(C)cc2)c1. The van der Waals surface area contributed by atoms with Crippen molar-refractivity contribution in [2.24, 2.45) is 0 Å². The molecule has 3 rings (SSSR count). The van der Waals surface area contributed by atoms with Crippen LogP contribution in [0.5, 0.6) is 0 Å². The van der Waals surface area contributed by atoms with E-state index in [0.717, 1.165) is 53.9 Å². The minimum atomic E-state index is -0.814. The Morgan fingerprint density at radius 2 is 1.97 bits per heavy atom. The van der Waals surface area contributed by atoms with E-state index < -0.39 is 5.97 Å². The Morgan fingerprint density at radius 3 is 2.62 bits per heavy atom. The molecule has 6 heteroatoms. The number of ether oxygens (including phenoxy) is 1. The van der Waals surface area contributed by atoms with Gasteiger partial charge < -0.3 is 20.1 Å². The molecule has 32 heavy (non-hydrogen) atoms. The lowest BCUT2D eigenvalue weighted by Crippen LogP contribution is -2.33. The fourth-order valence-corrected chi connectivity index (χ4v) is 4.47. The summed E-state index contributed by atoms with van der Waals surface area (Å²) in [5.41, 5.74) is 4.77. The molecule has 1 aliphatic heterocycles. The van der Waals surface area contributed by atoms with Gasteiger partial charge in [-0.15, -0.1) is 0 Å². The fourth-order valence-electron chi connectivity index (χ4n) is 4.47. The second kappa shape index (κ2) is 11.1. The molecule has 0 spiro atoms. The number of hydrogen-bond donors (Lipinski definition) is 2. The summed E-state index contributed by atoms with van der Waals surface area (Å²) in [6.45, 7) is 5.55. The van der Waals surface area contributed by atoms with E-state index in [2.05, 4.69) is 10.2 Å². The molecule has 1 fully saturated rings. The Bertz CT molecular complexity index is 926. The van der Waals surface area contributed by atoms with E-state index in [1.807, 2.05) is 56.3 Å². The van der Waals surface area contributed by atoms with Gasteiger partial charge in [0.05, 0.1) is 36.9 Å². The number of carboxylic acids is 1. The number of nitrogens with one attached hydrogen (secondary N) is 1. The van der Waals surface area contributed by atoms with E-state index in [1.54, 1.807) is 7.11 Å². The van der Waals surface area contributed by atoms with E-state index in [0.29, 0.717) is 6.61 Å². The number of rotatable bonds is 10. The zero-order chi connectivity index (χ0) is 23.1. The minimum Gasteiger partial charge on any atom is -0.481 e. The average Bonchev–Trinajstić information content (AvgIpc) is 3.22. The molecule has 1 aliphatic rings. The van der Waals surface area contributed by atoms with Crippen molar-refractivity contribution >= 4 is 23.3 Å². The van der Waals surface area contributed by atoms with Crippen molar-refractivity contribution in [3.8, 4) is 0 Å². The molecule has 1 unspecified atom stereocenters. The van der Waals surface area contributed by atoms with Crippen molar-refractivity contribution in [2.75, 3.05) is 30.5 Å². The maximum Gasteiger partial charge on any atom is 0.303 e. The molecular weight excluding hydrogens is 404 g/mol. The molecular formula is C26H34N2O4. The fraction of sp³-hybridized carbons (Fsp3) is 0.462. The first-order chi connectivity index (χ1) is 15.4. The monoisotopic (exact) mass is 438 g/mol. The van der Waals surface area contributed by atoms with Gasteiger partial charge in [0.25, 0.3) is 0 Å². The summed E-state index contributed by atoms with van der Waals surface area (Å²) in [6.07, 6.45) is 3.20. The Balaban J connectivity index is 1.89. The molecule has 2 atom stereocenters. The lowest BCUT2D eigenvalue weighted by Gasteiger charge is -2.29. The second-order valence-corrected chi connectivity index (χ2v) is 8.63. The summed E-state index contributed by atoms with van der Waals surface area (Å²) in [5.74, 6) is -0.991. The first-order valence-corrected chi connectivity index (χ1v) is 11.4. The van der Waals surface area contributed by atoms with Crippen molar-refractivity contribution in [1.82, 2.24) is 0 Å². The highest BCUT2D eigenvalue weighted by Crippen LogP contribution is 2.36. The van der Waals surface area contributed by atoms with Crippen molar-refractivity contribution in [3.05, 3.63) is 59.2 Å². The van der Waals surface area contributed by atoms with E-state index in [-0.39, 0.29) is 30.7 Å². The number of aryl methyl sites for hydroxylation is 1. The highest BCUT2D eigenvalue weighted by molar-refractivity contribution is 5.96. The zero-order valence-corrected chi connectivity index (χ0v) is 19.3. The number of nitrogens with zero attached hydrogens (tertiary/aromatic N) is 1. The Morgan fingerprint density at radius 1 is 1.22 bits per heavy atom. The van der Waals surface area contributed by atoms with Crippen LogP contribution in [0.1, 0.15) is 55.2 Å². The van der Waals surface area contributed by atoms with Gasteiger partial charge in [0.1, 0.15) is 0 Å². The van der Waals surface area contributed by atoms with Gasteiger partial charge in [-0.2, -0.15) is 0 Å². The highest BCUT2D eigenvalue weighted by Gasteiger charge is 2.27. The van der Waals surface area contributed by atoms with Gasteiger partial charge in [-0.05, 0) is 55.4 Å². The van der Waals surface area contributed by atoms with Crippen LogP contribution in [-0.4, -0.2) is 43.3 Å². The third-order valence-electron chi connectivity index (χ3n) is 6.21. The maximum absolute atomic E-state index is 12.9. The highest BCUT2D eigenvalue weighted by atomic mass is 16.5. The van der Waals surface area contributed by atoms with Crippen LogP contribution in [0.15, 0.2) is 42.5 Å². The Labute approximate surface area is 190 Å². The van der Waals surface area contributed by atoms with E-state index in [9.17, 15) is 14.7 Å². The lowest BCUT2D eigenvalue weighted by atomic mass is 9.92. The molecule has 2 N–H and O–H groups in total. The molecule has 0 bridgehead atoms. The van der Waals surface area contributed by atoms with Crippen LogP contribution in [0.25, 0.3) is 0 Å². The molecule has 172 valence electrons. The molecule has 2 aromatic carbocycles. The van der Waals surface area contributed by atoms with Gasteiger partial charge in [-0.3, -0.25) is 9.59 Å². The summed E-state index contributed by atoms with van der Waals surface area (Å²) in [7, 11) is 1.71. The zero-order valence-electron chi connectivity index (χ0n) is 19.3.